The van der Waals surface area contributed by atoms with E-state index < -0.39 is 17.8 Å². The Labute approximate surface area is 125 Å². The first kappa shape index (κ1) is 15.2. The van der Waals surface area contributed by atoms with Gasteiger partial charge in [-0.3, -0.25) is 15.0 Å². The normalized spacial score (nSPS) is 9.86. The number of nitrogens with two attached hydrogens (primary N) is 1. The zero-order valence-electron chi connectivity index (χ0n) is 11.4. The van der Waals surface area contributed by atoms with E-state index in [0.29, 0.717) is 11.3 Å². The number of carbonyl (C=O) groups is 3. The van der Waals surface area contributed by atoms with Crippen molar-refractivity contribution in [2.45, 2.75) is 0 Å². The highest BCUT2D eigenvalue weighted by Gasteiger charge is 2.15. The van der Waals surface area contributed by atoms with Gasteiger partial charge in [0.2, 0.25) is 0 Å². The van der Waals surface area contributed by atoms with E-state index in [0.717, 1.165) is 0 Å². The largest absolute Gasteiger partial charge is 0.478 e. The van der Waals surface area contributed by atoms with Gasteiger partial charge < -0.3 is 10.4 Å². The lowest BCUT2D eigenvalue weighted by Crippen LogP contribution is -2.29. The van der Waals surface area contributed by atoms with Gasteiger partial charge in [-0.05, 0) is 36.4 Å². The van der Waals surface area contributed by atoms with Gasteiger partial charge in [0.15, 0.2) is 0 Å². The van der Waals surface area contributed by atoms with E-state index in [1.807, 2.05) is 5.43 Å². The third-order valence-electron chi connectivity index (χ3n) is 2.94. The van der Waals surface area contributed by atoms with E-state index in [1.54, 1.807) is 12.1 Å². The lowest BCUT2D eigenvalue weighted by atomic mass is 10.1. The van der Waals surface area contributed by atoms with Crippen LogP contribution in [0.1, 0.15) is 31.1 Å². The molecule has 22 heavy (non-hydrogen) atoms. The molecule has 2 rings (SSSR count). The molecule has 0 aliphatic heterocycles. The van der Waals surface area contributed by atoms with Crippen LogP contribution in [0.25, 0.3) is 0 Å². The molecule has 5 N–H and O–H groups in total. The highest BCUT2D eigenvalue weighted by molar-refractivity contribution is 6.10. The number of carbonyl (C=O) groups excluding carboxylic acids is 2. The summed E-state index contributed by atoms with van der Waals surface area (Å²) in [5.41, 5.74) is 2.73. The molecule has 0 fully saturated rings. The zero-order valence-corrected chi connectivity index (χ0v) is 11.4. The van der Waals surface area contributed by atoms with Crippen molar-refractivity contribution in [1.82, 2.24) is 5.43 Å². The molecule has 0 bridgehead atoms. The summed E-state index contributed by atoms with van der Waals surface area (Å²) in [6.07, 6.45) is 0. The van der Waals surface area contributed by atoms with Crippen LogP contribution in [-0.4, -0.2) is 22.9 Å². The minimum Gasteiger partial charge on any atom is -0.478 e. The second-order valence-corrected chi connectivity index (χ2v) is 4.36. The monoisotopic (exact) mass is 299 g/mol. The van der Waals surface area contributed by atoms with E-state index in [2.05, 4.69) is 5.32 Å². The molecule has 0 saturated carbocycles. The Morgan fingerprint density at radius 3 is 2.00 bits per heavy atom. The summed E-state index contributed by atoms with van der Waals surface area (Å²) in [6, 6.07) is 11.9. The lowest BCUT2D eigenvalue weighted by Gasteiger charge is -2.08. The Bertz CT molecular complexity index is 726. The molecule has 0 aromatic heterocycles. The van der Waals surface area contributed by atoms with Crippen LogP contribution in [0, 0.1) is 0 Å². The summed E-state index contributed by atoms with van der Waals surface area (Å²) in [6.45, 7) is 0. The van der Waals surface area contributed by atoms with Gasteiger partial charge in [-0.25, -0.2) is 10.6 Å². The minimum atomic E-state index is -1.18. The van der Waals surface area contributed by atoms with Crippen molar-refractivity contribution in [3.8, 4) is 0 Å². The van der Waals surface area contributed by atoms with Gasteiger partial charge in [-0.1, -0.05) is 12.1 Å². The Hall–Kier alpha value is -3.19. The van der Waals surface area contributed by atoms with Crippen LogP contribution in [0.15, 0.2) is 48.5 Å². The molecule has 0 aliphatic rings. The smallest absolute Gasteiger partial charge is 0.336 e. The van der Waals surface area contributed by atoms with E-state index >= 15 is 0 Å². The van der Waals surface area contributed by atoms with Gasteiger partial charge in [0, 0.05) is 11.3 Å². The van der Waals surface area contributed by atoms with E-state index in [4.69, 9.17) is 10.9 Å². The maximum absolute atomic E-state index is 12.1. The molecule has 0 saturated heterocycles. The topological polar surface area (TPSA) is 122 Å². The van der Waals surface area contributed by atoms with Crippen molar-refractivity contribution in [1.29, 1.82) is 0 Å². The summed E-state index contributed by atoms with van der Waals surface area (Å²) >= 11 is 0. The first-order valence-corrected chi connectivity index (χ1v) is 6.27. The van der Waals surface area contributed by atoms with Crippen LogP contribution in [-0.2, 0) is 0 Å². The zero-order chi connectivity index (χ0) is 16.1. The average molecular weight is 299 g/mol. The number of carboxylic acids is 1. The Balaban J connectivity index is 2.19. The van der Waals surface area contributed by atoms with Crippen molar-refractivity contribution in [2.24, 2.45) is 5.84 Å². The molecule has 0 unspecified atom stereocenters. The predicted octanol–water partition coefficient (Wildman–Crippen LogP) is 1.24. The SMILES string of the molecule is NNC(=O)c1ccc(NC(=O)c2ccccc2C(=O)O)cc1. The van der Waals surface area contributed by atoms with Crippen LogP contribution in [0.2, 0.25) is 0 Å². The molecular formula is C15H13N3O4. The van der Waals surface area contributed by atoms with Gasteiger partial charge >= 0.3 is 5.97 Å². The number of amides is 2. The third-order valence-corrected chi connectivity index (χ3v) is 2.94. The highest BCUT2D eigenvalue weighted by Crippen LogP contribution is 2.14. The van der Waals surface area contributed by atoms with Crippen molar-refractivity contribution >= 4 is 23.5 Å². The van der Waals surface area contributed by atoms with Crippen molar-refractivity contribution in [2.75, 3.05) is 5.32 Å². The first-order valence-electron chi connectivity index (χ1n) is 6.27. The number of hydrogen-bond donors (Lipinski definition) is 4. The van der Waals surface area contributed by atoms with E-state index in [1.165, 1.54) is 36.4 Å². The molecule has 0 spiro atoms. The number of carboxylic acid groups (broad SMARTS) is 1. The first-order chi connectivity index (χ1) is 10.5. The summed E-state index contributed by atoms with van der Waals surface area (Å²) in [4.78, 5) is 34.5. The second-order valence-electron chi connectivity index (χ2n) is 4.36. The lowest BCUT2D eigenvalue weighted by molar-refractivity contribution is 0.0692. The number of nitrogens with one attached hydrogen (secondary N) is 2. The van der Waals surface area contributed by atoms with Gasteiger partial charge in [0.05, 0.1) is 11.1 Å². The number of hydrazine groups is 1. The molecule has 7 heteroatoms. The molecular weight excluding hydrogens is 286 g/mol. The molecule has 0 radical (unpaired) electrons. The van der Waals surface area contributed by atoms with Crippen molar-refractivity contribution in [3.05, 3.63) is 65.2 Å². The average Bonchev–Trinajstić information content (AvgIpc) is 2.54. The van der Waals surface area contributed by atoms with E-state index in [-0.39, 0.29) is 11.1 Å². The summed E-state index contributed by atoms with van der Waals surface area (Å²) in [7, 11) is 0. The van der Waals surface area contributed by atoms with Crippen LogP contribution in [0.4, 0.5) is 5.69 Å². The minimum absolute atomic E-state index is 0.0544. The standard InChI is InChI=1S/C15H13N3O4/c16-18-13(19)9-5-7-10(8-6-9)17-14(20)11-3-1-2-4-12(11)15(21)22/h1-8H,16H2,(H,17,20)(H,18,19)(H,21,22). The Morgan fingerprint density at radius 1 is 0.864 bits per heavy atom. The van der Waals surface area contributed by atoms with Gasteiger partial charge in [-0.2, -0.15) is 0 Å². The van der Waals surface area contributed by atoms with Crippen molar-refractivity contribution in [3.63, 3.8) is 0 Å². The van der Waals surface area contributed by atoms with Crippen LogP contribution < -0.4 is 16.6 Å². The molecule has 0 heterocycles. The van der Waals surface area contributed by atoms with Crippen LogP contribution in [0.3, 0.4) is 0 Å². The van der Waals surface area contributed by atoms with E-state index in [9.17, 15) is 14.4 Å². The second kappa shape index (κ2) is 6.51. The molecule has 0 aliphatic carbocycles. The summed E-state index contributed by atoms with van der Waals surface area (Å²) in [5, 5.41) is 11.6. The fraction of sp³-hybridized carbons (Fsp3) is 0. The fourth-order valence-electron chi connectivity index (χ4n) is 1.85. The number of hydrogen-bond acceptors (Lipinski definition) is 4. The molecule has 7 nitrogen and oxygen atoms in total. The van der Waals surface area contributed by atoms with Crippen LogP contribution >= 0.6 is 0 Å². The fourth-order valence-corrected chi connectivity index (χ4v) is 1.85. The Morgan fingerprint density at radius 2 is 1.45 bits per heavy atom. The number of nitrogen functional groups attached to an aromatic ring is 1. The quantitative estimate of drug-likeness (QED) is 0.384. The number of anilines is 1. The maximum Gasteiger partial charge on any atom is 0.336 e. The third kappa shape index (κ3) is 3.28. The van der Waals surface area contributed by atoms with Crippen molar-refractivity contribution < 1.29 is 19.5 Å². The predicted molar refractivity (Wildman–Crippen MR) is 79.5 cm³/mol. The summed E-state index contributed by atoms with van der Waals surface area (Å²) < 4.78 is 0. The summed E-state index contributed by atoms with van der Waals surface area (Å²) in [5.74, 6) is 2.84. The Kier molecular flexibility index (Phi) is 4.50. The maximum atomic E-state index is 12.1. The molecule has 2 amide bonds. The number of rotatable bonds is 4. The van der Waals surface area contributed by atoms with Gasteiger partial charge in [0.25, 0.3) is 11.8 Å². The highest BCUT2D eigenvalue weighted by atomic mass is 16.4. The van der Waals surface area contributed by atoms with Crippen LogP contribution in [0.5, 0.6) is 0 Å². The molecule has 2 aromatic carbocycles. The number of benzene rings is 2. The molecule has 112 valence electrons. The van der Waals surface area contributed by atoms with Gasteiger partial charge in [-0.15, -0.1) is 0 Å². The van der Waals surface area contributed by atoms with Gasteiger partial charge in [0.1, 0.15) is 0 Å². The molecule has 2 aromatic rings. The molecule has 0 atom stereocenters. The number of aromatic carboxylic acids is 1.